The first-order chi connectivity index (χ1) is 16.0. The van der Waals surface area contributed by atoms with Gasteiger partial charge in [0.25, 0.3) is 5.70 Å². The molecule has 1 aliphatic rings. The highest BCUT2D eigenvalue weighted by Gasteiger charge is 2.34. The number of anilines is 2. The predicted octanol–water partition coefficient (Wildman–Crippen LogP) is 4.69. The van der Waals surface area contributed by atoms with E-state index in [1.807, 2.05) is 67.6 Å². The smallest absolute Gasteiger partial charge is 0.347 e. The molecule has 1 aromatic heterocycles. The van der Waals surface area contributed by atoms with Crippen LogP contribution in [0.4, 0.5) is 11.4 Å². The standard InChI is InChI=1S/C26H22N3O3S/c1-3-32-26(31)19(16-27)15-22(28-14-8-9-18(2)17-28)25(30)29-20-10-4-6-12-23(20)33-24-13-7-5-11-21(24)29/h4-15,17,27H,3H2,1-2H3/q+1/b22-15-. The molecule has 4 rings (SSSR count). The summed E-state index contributed by atoms with van der Waals surface area (Å²) >= 11 is 1.60. The van der Waals surface area contributed by atoms with E-state index in [1.165, 1.54) is 6.08 Å². The molecule has 1 aliphatic heterocycles. The van der Waals surface area contributed by atoms with Crippen molar-refractivity contribution < 1.29 is 18.9 Å². The summed E-state index contributed by atoms with van der Waals surface area (Å²) in [5.41, 5.74) is 2.49. The Balaban J connectivity index is 1.91. The largest absolute Gasteiger partial charge is 0.462 e. The van der Waals surface area contributed by atoms with E-state index in [2.05, 4.69) is 5.87 Å². The van der Waals surface area contributed by atoms with Crippen LogP contribution in [0.3, 0.4) is 0 Å². The molecule has 0 aliphatic carbocycles. The summed E-state index contributed by atoms with van der Waals surface area (Å²) in [4.78, 5) is 30.1. The molecular formula is C26H22N3O3S+. The summed E-state index contributed by atoms with van der Waals surface area (Å²) in [6.07, 6.45) is 4.90. The van der Waals surface area contributed by atoms with Crippen LogP contribution in [-0.4, -0.2) is 24.4 Å². The number of nitrogens with one attached hydrogen (secondary N) is 1. The second-order valence-corrected chi connectivity index (χ2v) is 8.34. The SMILES string of the molecule is CCOC(=O)C(=C=N)/C=C(/C(=O)N1c2ccccc2Sc2ccccc21)[n+]1cccc(C)c1. The molecule has 0 saturated carbocycles. The number of hydrogen-bond acceptors (Lipinski definition) is 5. The van der Waals surface area contributed by atoms with Crippen molar-refractivity contribution in [1.29, 1.82) is 5.41 Å². The Morgan fingerprint density at radius 3 is 2.27 bits per heavy atom. The van der Waals surface area contributed by atoms with Gasteiger partial charge in [-0.3, -0.25) is 15.1 Å². The van der Waals surface area contributed by atoms with Crippen molar-refractivity contribution in [3.63, 3.8) is 0 Å². The molecule has 3 aromatic rings. The second-order valence-electron chi connectivity index (χ2n) is 7.26. The average Bonchev–Trinajstić information content (AvgIpc) is 2.83. The quantitative estimate of drug-likeness (QED) is 0.199. The van der Waals surface area contributed by atoms with Crippen LogP contribution in [0.2, 0.25) is 0 Å². The number of pyridine rings is 1. The Morgan fingerprint density at radius 2 is 1.70 bits per heavy atom. The van der Waals surface area contributed by atoms with Gasteiger partial charge in [0.15, 0.2) is 12.4 Å². The van der Waals surface area contributed by atoms with E-state index in [0.29, 0.717) is 0 Å². The summed E-state index contributed by atoms with van der Waals surface area (Å²) in [6, 6.07) is 19.1. The van der Waals surface area contributed by atoms with Crippen molar-refractivity contribution in [2.24, 2.45) is 0 Å². The lowest BCUT2D eigenvalue weighted by atomic mass is 10.1. The normalized spacial score (nSPS) is 12.3. The number of benzene rings is 2. The van der Waals surface area contributed by atoms with E-state index >= 15 is 0 Å². The average molecular weight is 457 g/mol. The maximum atomic E-state index is 14.1. The van der Waals surface area contributed by atoms with Gasteiger partial charge in [-0.15, -0.1) is 0 Å². The molecule has 0 unspecified atom stereocenters. The van der Waals surface area contributed by atoms with Crippen LogP contribution >= 0.6 is 11.8 Å². The number of ether oxygens (including phenoxy) is 1. The van der Waals surface area contributed by atoms with Gasteiger partial charge < -0.3 is 4.74 Å². The molecule has 164 valence electrons. The van der Waals surface area contributed by atoms with Crippen LogP contribution in [0.1, 0.15) is 12.5 Å². The third-order valence-corrected chi connectivity index (χ3v) is 6.12. The molecular weight excluding hydrogens is 434 g/mol. The first kappa shape index (κ1) is 22.3. The first-order valence-corrected chi connectivity index (χ1v) is 11.2. The minimum absolute atomic E-state index is 0.137. The van der Waals surface area contributed by atoms with Crippen molar-refractivity contribution in [1.82, 2.24) is 0 Å². The first-order valence-electron chi connectivity index (χ1n) is 10.4. The molecule has 1 N–H and O–H groups in total. The molecule has 0 fully saturated rings. The van der Waals surface area contributed by atoms with Crippen LogP contribution in [0.5, 0.6) is 0 Å². The van der Waals surface area contributed by atoms with E-state index in [0.717, 1.165) is 26.7 Å². The molecule has 2 aromatic carbocycles. The summed E-state index contributed by atoms with van der Waals surface area (Å²) < 4.78 is 6.71. The molecule has 0 atom stereocenters. The summed E-state index contributed by atoms with van der Waals surface area (Å²) in [5, 5.41) is 7.62. The van der Waals surface area contributed by atoms with Gasteiger partial charge in [0.2, 0.25) is 0 Å². The van der Waals surface area contributed by atoms with Gasteiger partial charge >= 0.3 is 11.9 Å². The van der Waals surface area contributed by atoms with Gasteiger partial charge in [-0.25, -0.2) is 4.79 Å². The molecule has 0 radical (unpaired) electrons. The lowest BCUT2D eigenvalue weighted by Crippen LogP contribution is -2.42. The van der Waals surface area contributed by atoms with Crippen molar-refractivity contribution in [2.75, 3.05) is 11.5 Å². The van der Waals surface area contributed by atoms with E-state index in [9.17, 15) is 9.59 Å². The molecule has 33 heavy (non-hydrogen) atoms. The van der Waals surface area contributed by atoms with Gasteiger partial charge in [0.05, 0.1) is 18.0 Å². The number of hydrogen-bond donors (Lipinski definition) is 1. The minimum Gasteiger partial charge on any atom is -0.462 e. The number of para-hydroxylation sites is 2. The third-order valence-electron chi connectivity index (χ3n) is 4.99. The zero-order valence-electron chi connectivity index (χ0n) is 18.2. The van der Waals surface area contributed by atoms with Crippen LogP contribution in [-0.2, 0) is 14.3 Å². The lowest BCUT2D eigenvalue weighted by molar-refractivity contribution is -0.577. The summed E-state index contributed by atoms with van der Waals surface area (Å²) in [7, 11) is 0. The van der Waals surface area contributed by atoms with E-state index in [4.69, 9.17) is 10.1 Å². The van der Waals surface area contributed by atoms with E-state index in [-0.39, 0.29) is 23.8 Å². The Kier molecular flexibility index (Phi) is 6.54. The van der Waals surface area contributed by atoms with Crippen molar-refractivity contribution in [3.8, 4) is 0 Å². The number of aromatic nitrogens is 1. The fraction of sp³-hybridized carbons (Fsp3) is 0.115. The maximum absolute atomic E-state index is 14.1. The number of carbonyl (C=O) groups excluding carboxylic acids is 2. The van der Waals surface area contributed by atoms with Crippen LogP contribution < -0.4 is 9.47 Å². The van der Waals surface area contributed by atoms with Gasteiger partial charge in [-0.05, 0) is 50.0 Å². The molecule has 2 heterocycles. The number of carbonyl (C=O) groups is 2. The second kappa shape index (κ2) is 9.69. The number of nitrogens with zero attached hydrogens (tertiary/aromatic N) is 2. The predicted molar refractivity (Wildman–Crippen MR) is 128 cm³/mol. The Labute approximate surface area is 196 Å². The highest BCUT2D eigenvalue weighted by Crippen LogP contribution is 2.48. The zero-order chi connectivity index (χ0) is 23.4. The Bertz CT molecular complexity index is 1280. The highest BCUT2D eigenvalue weighted by atomic mass is 32.2. The molecule has 0 saturated heterocycles. The lowest BCUT2D eigenvalue weighted by Gasteiger charge is -2.30. The third kappa shape index (κ3) is 4.51. The molecule has 1 amide bonds. The summed E-state index contributed by atoms with van der Waals surface area (Å²) in [5.74, 6) is 1.07. The monoisotopic (exact) mass is 456 g/mol. The molecule has 6 nitrogen and oxygen atoms in total. The van der Waals surface area contributed by atoms with Gasteiger partial charge in [-0.1, -0.05) is 36.0 Å². The van der Waals surface area contributed by atoms with E-state index in [1.54, 1.807) is 40.5 Å². The Hall–Kier alpha value is -3.93. The fourth-order valence-electron chi connectivity index (χ4n) is 3.52. The molecule has 0 bridgehead atoms. The fourth-order valence-corrected chi connectivity index (χ4v) is 4.58. The minimum atomic E-state index is -0.707. The number of rotatable bonds is 5. The number of amides is 1. The zero-order valence-corrected chi connectivity index (χ0v) is 19.1. The van der Waals surface area contributed by atoms with Gasteiger partial charge in [0, 0.05) is 27.5 Å². The van der Waals surface area contributed by atoms with Crippen molar-refractivity contribution in [3.05, 3.63) is 90.3 Å². The number of fused-ring (bicyclic) bond motifs is 2. The van der Waals surface area contributed by atoms with Crippen molar-refractivity contribution >= 4 is 46.6 Å². The van der Waals surface area contributed by atoms with Crippen molar-refractivity contribution in [2.45, 2.75) is 23.6 Å². The van der Waals surface area contributed by atoms with Gasteiger partial charge in [-0.2, -0.15) is 4.57 Å². The van der Waals surface area contributed by atoms with Gasteiger partial charge in [0.1, 0.15) is 5.57 Å². The maximum Gasteiger partial charge on any atom is 0.347 e. The molecule has 0 spiro atoms. The topological polar surface area (TPSA) is 74.3 Å². The van der Waals surface area contributed by atoms with Crippen LogP contribution in [0.25, 0.3) is 5.70 Å². The van der Waals surface area contributed by atoms with Crippen LogP contribution in [0.15, 0.2) is 94.5 Å². The molecule has 7 heteroatoms. The number of esters is 1. The van der Waals surface area contributed by atoms with E-state index < -0.39 is 5.97 Å². The number of aryl methyl sites for hydroxylation is 1. The Morgan fingerprint density at radius 1 is 1.06 bits per heavy atom. The highest BCUT2D eigenvalue weighted by molar-refractivity contribution is 7.99. The summed E-state index contributed by atoms with van der Waals surface area (Å²) in [6.45, 7) is 3.76. The van der Waals surface area contributed by atoms with Crippen LogP contribution in [0, 0.1) is 12.3 Å².